The zero-order valence-corrected chi connectivity index (χ0v) is 16.5. The second-order valence-corrected chi connectivity index (χ2v) is 7.60. The van der Waals surface area contributed by atoms with Crippen molar-refractivity contribution in [2.75, 3.05) is 0 Å². The summed E-state index contributed by atoms with van der Waals surface area (Å²) in [7, 11) is 1.73. The Balaban J connectivity index is 1.46. The molecule has 0 N–H and O–H groups in total. The Morgan fingerprint density at radius 3 is 2.64 bits per heavy atom. The van der Waals surface area contributed by atoms with Crippen molar-refractivity contribution in [2.24, 2.45) is 7.05 Å². The van der Waals surface area contributed by atoms with E-state index in [0.717, 1.165) is 0 Å². The topological polar surface area (TPSA) is 73.8 Å². The molecule has 2 aromatic heterocycles. The van der Waals surface area contributed by atoms with Crippen LogP contribution in [0, 0.1) is 0 Å². The molecule has 0 radical (unpaired) electrons. The van der Waals surface area contributed by atoms with Crippen LogP contribution in [0.1, 0.15) is 30.1 Å². The highest BCUT2D eigenvalue weighted by Gasteiger charge is 2.14. The SMILES string of the molecule is CC(Cc1nnc(SCc2nc3ccccc3c(=O)n2C)o1)c1ccccc1. The van der Waals surface area contributed by atoms with Crippen molar-refractivity contribution < 1.29 is 4.42 Å². The van der Waals surface area contributed by atoms with Gasteiger partial charge in [0.2, 0.25) is 5.89 Å². The molecule has 0 aliphatic heterocycles. The van der Waals surface area contributed by atoms with Gasteiger partial charge in [0.25, 0.3) is 10.8 Å². The largest absolute Gasteiger partial charge is 0.416 e. The number of nitrogens with zero attached hydrogens (tertiary/aromatic N) is 4. The number of aromatic nitrogens is 4. The minimum Gasteiger partial charge on any atom is -0.416 e. The third-order valence-corrected chi connectivity index (χ3v) is 5.51. The maximum atomic E-state index is 12.5. The lowest BCUT2D eigenvalue weighted by Gasteiger charge is -2.08. The lowest BCUT2D eigenvalue weighted by atomic mass is 9.98. The second kappa shape index (κ2) is 7.98. The Morgan fingerprint density at radius 2 is 1.82 bits per heavy atom. The van der Waals surface area contributed by atoms with Gasteiger partial charge in [-0.15, -0.1) is 10.2 Å². The molecule has 28 heavy (non-hydrogen) atoms. The average Bonchev–Trinajstić information content (AvgIpc) is 3.17. The summed E-state index contributed by atoms with van der Waals surface area (Å²) in [5, 5.41) is 9.38. The van der Waals surface area contributed by atoms with Crippen molar-refractivity contribution in [3.05, 3.63) is 82.2 Å². The van der Waals surface area contributed by atoms with Crippen LogP contribution in [0.15, 0.2) is 69.0 Å². The van der Waals surface area contributed by atoms with Gasteiger partial charge in [0.05, 0.1) is 16.7 Å². The van der Waals surface area contributed by atoms with Gasteiger partial charge in [-0.1, -0.05) is 61.2 Å². The number of para-hydroxylation sites is 1. The lowest BCUT2D eigenvalue weighted by molar-refractivity contribution is 0.404. The molecule has 0 aliphatic carbocycles. The van der Waals surface area contributed by atoms with E-state index >= 15 is 0 Å². The highest BCUT2D eigenvalue weighted by Crippen LogP contribution is 2.24. The van der Waals surface area contributed by atoms with Crippen molar-refractivity contribution in [3.63, 3.8) is 0 Å². The number of rotatable bonds is 6. The highest BCUT2D eigenvalue weighted by molar-refractivity contribution is 7.98. The number of thioether (sulfide) groups is 1. The molecule has 2 heterocycles. The summed E-state index contributed by atoms with van der Waals surface area (Å²) < 4.78 is 7.35. The van der Waals surface area contributed by atoms with Gasteiger partial charge in [-0.2, -0.15) is 0 Å². The fraction of sp³-hybridized carbons (Fsp3) is 0.238. The molecule has 2 aromatic carbocycles. The molecule has 0 spiro atoms. The summed E-state index contributed by atoms with van der Waals surface area (Å²) in [6, 6.07) is 17.6. The van der Waals surface area contributed by atoms with Crippen LogP contribution in [-0.2, 0) is 19.2 Å². The smallest absolute Gasteiger partial charge is 0.277 e. The zero-order chi connectivity index (χ0) is 19.5. The van der Waals surface area contributed by atoms with Crippen LogP contribution in [0.5, 0.6) is 0 Å². The minimum atomic E-state index is -0.0518. The zero-order valence-electron chi connectivity index (χ0n) is 15.7. The van der Waals surface area contributed by atoms with Gasteiger partial charge in [-0.25, -0.2) is 4.98 Å². The Kier molecular flexibility index (Phi) is 5.25. The first kappa shape index (κ1) is 18.4. The van der Waals surface area contributed by atoms with E-state index in [1.807, 2.05) is 36.4 Å². The third-order valence-electron chi connectivity index (χ3n) is 4.70. The molecule has 0 bridgehead atoms. The number of fused-ring (bicyclic) bond motifs is 1. The van der Waals surface area contributed by atoms with Gasteiger partial charge < -0.3 is 4.42 Å². The second-order valence-electron chi connectivity index (χ2n) is 6.68. The van der Waals surface area contributed by atoms with E-state index in [4.69, 9.17) is 4.42 Å². The molecule has 1 unspecified atom stereocenters. The van der Waals surface area contributed by atoms with Crippen LogP contribution < -0.4 is 5.56 Å². The van der Waals surface area contributed by atoms with E-state index in [1.54, 1.807) is 17.7 Å². The van der Waals surface area contributed by atoms with Crippen molar-refractivity contribution >= 4 is 22.7 Å². The van der Waals surface area contributed by atoms with Crippen molar-refractivity contribution in [3.8, 4) is 0 Å². The van der Waals surface area contributed by atoms with Gasteiger partial charge in [0.15, 0.2) is 0 Å². The first-order chi connectivity index (χ1) is 13.6. The van der Waals surface area contributed by atoms with E-state index < -0.39 is 0 Å². The Hall–Kier alpha value is -2.93. The van der Waals surface area contributed by atoms with Gasteiger partial charge >= 0.3 is 0 Å². The standard InChI is InChI=1S/C21H20N4O2S/c1-14(15-8-4-3-5-9-15)12-19-23-24-21(27-19)28-13-18-22-17-11-7-6-10-16(17)20(26)25(18)2/h3-11,14H,12-13H2,1-2H3. The van der Waals surface area contributed by atoms with Crippen molar-refractivity contribution in [1.82, 2.24) is 19.7 Å². The van der Waals surface area contributed by atoms with E-state index in [2.05, 4.69) is 34.2 Å². The molecule has 6 nitrogen and oxygen atoms in total. The number of hydrogen-bond acceptors (Lipinski definition) is 6. The van der Waals surface area contributed by atoms with Gasteiger partial charge in [0, 0.05) is 13.5 Å². The summed E-state index contributed by atoms with van der Waals surface area (Å²) in [6.45, 7) is 2.14. The monoisotopic (exact) mass is 392 g/mol. The molecule has 0 aliphatic rings. The van der Waals surface area contributed by atoms with Gasteiger partial charge in [-0.3, -0.25) is 9.36 Å². The van der Waals surface area contributed by atoms with Gasteiger partial charge in [0.1, 0.15) is 5.82 Å². The van der Waals surface area contributed by atoms with E-state index in [9.17, 15) is 4.79 Å². The maximum absolute atomic E-state index is 12.5. The summed E-state index contributed by atoms with van der Waals surface area (Å²) in [4.78, 5) is 17.1. The molecule has 142 valence electrons. The normalized spacial score (nSPS) is 12.4. The molecule has 0 fully saturated rings. The van der Waals surface area contributed by atoms with E-state index in [-0.39, 0.29) is 5.56 Å². The van der Waals surface area contributed by atoms with Crippen LogP contribution in [0.2, 0.25) is 0 Å². The molecule has 1 atom stereocenters. The first-order valence-electron chi connectivity index (χ1n) is 9.06. The summed E-state index contributed by atoms with van der Waals surface area (Å²) in [5.74, 6) is 2.06. The molecule has 0 amide bonds. The van der Waals surface area contributed by atoms with E-state index in [1.165, 1.54) is 17.3 Å². The lowest BCUT2D eigenvalue weighted by Crippen LogP contribution is -2.21. The van der Waals surface area contributed by atoms with Crippen LogP contribution in [0.4, 0.5) is 0 Å². The molecule has 0 saturated carbocycles. The first-order valence-corrected chi connectivity index (χ1v) is 10.0. The van der Waals surface area contributed by atoms with Crippen molar-refractivity contribution in [2.45, 2.75) is 30.2 Å². The molecular weight excluding hydrogens is 372 g/mol. The highest BCUT2D eigenvalue weighted by atomic mass is 32.2. The minimum absolute atomic E-state index is 0.0518. The number of benzene rings is 2. The molecule has 0 saturated heterocycles. The fourth-order valence-electron chi connectivity index (χ4n) is 3.06. The molecule has 4 aromatic rings. The fourth-order valence-corrected chi connectivity index (χ4v) is 3.82. The van der Waals surface area contributed by atoms with Gasteiger partial charge in [-0.05, 0) is 23.6 Å². The van der Waals surface area contributed by atoms with Crippen LogP contribution in [-0.4, -0.2) is 19.7 Å². The Labute approximate surface area is 166 Å². The van der Waals surface area contributed by atoms with Crippen LogP contribution in [0.3, 0.4) is 0 Å². The van der Waals surface area contributed by atoms with Crippen molar-refractivity contribution in [1.29, 1.82) is 0 Å². The summed E-state index contributed by atoms with van der Waals surface area (Å²) in [6.07, 6.45) is 0.685. The van der Waals surface area contributed by atoms with E-state index in [0.29, 0.717) is 45.9 Å². The molecule has 7 heteroatoms. The third kappa shape index (κ3) is 3.84. The Morgan fingerprint density at radius 1 is 1.07 bits per heavy atom. The summed E-state index contributed by atoms with van der Waals surface area (Å²) in [5.41, 5.74) is 1.89. The van der Waals surface area contributed by atoms with Crippen LogP contribution >= 0.6 is 11.8 Å². The average molecular weight is 392 g/mol. The quantitative estimate of drug-likeness (QED) is 0.463. The predicted molar refractivity (Wildman–Crippen MR) is 109 cm³/mol. The Bertz CT molecular complexity index is 1150. The van der Waals surface area contributed by atoms with Crippen LogP contribution in [0.25, 0.3) is 10.9 Å². The predicted octanol–water partition coefficient (Wildman–Crippen LogP) is 3.96. The maximum Gasteiger partial charge on any atom is 0.277 e. The molecule has 4 rings (SSSR count). The molecular formula is C21H20N4O2S. The number of hydrogen-bond donors (Lipinski definition) is 0. The summed E-state index contributed by atoms with van der Waals surface area (Å²) >= 11 is 1.39.